The summed E-state index contributed by atoms with van der Waals surface area (Å²) in [4.78, 5) is 37.9. The van der Waals surface area contributed by atoms with Gasteiger partial charge in [-0.2, -0.15) is 0 Å². The number of phenolic OH excluding ortho intramolecular Hbond substituents is 1. The molecule has 0 spiro atoms. The molecule has 4 bridgehead atoms. The lowest BCUT2D eigenvalue weighted by Gasteiger charge is -2.64. The van der Waals surface area contributed by atoms with Crippen LogP contribution in [0.4, 0.5) is 0 Å². The molecular formula is C72H98B3IN6O15S6. The highest BCUT2D eigenvalue weighted by Gasteiger charge is 2.70. The number of rotatable bonds is 19. The van der Waals surface area contributed by atoms with Gasteiger partial charge in [0.05, 0.1) is 51.1 Å². The quantitative estimate of drug-likeness (QED) is 0.0223. The van der Waals surface area contributed by atoms with Crippen molar-refractivity contribution in [1.29, 1.82) is 0 Å². The molecule has 3 aromatic heterocycles. The second-order valence-corrected chi connectivity index (χ2v) is 41.4. The van der Waals surface area contributed by atoms with E-state index in [0.29, 0.717) is 59.8 Å². The highest BCUT2D eigenvalue weighted by molar-refractivity contribution is 14.1. The lowest BCUT2D eigenvalue weighted by Crippen LogP contribution is -2.65. The summed E-state index contributed by atoms with van der Waals surface area (Å²) in [6, 6.07) is 10.8. The Balaban J connectivity index is 0.000000166. The molecule has 6 heterocycles. The lowest BCUT2D eigenvalue weighted by atomic mass is 9.43. The van der Waals surface area contributed by atoms with Gasteiger partial charge in [0.25, 0.3) is 0 Å². The number of hydrogen-bond donors (Lipinski definition) is 3. The van der Waals surface area contributed by atoms with Gasteiger partial charge in [0, 0.05) is 3.92 Å². The summed E-state index contributed by atoms with van der Waals surface area (Å²) in [7, 11) is -1.94. The molecule has 8 fully saturated rings. The van der Waals surface area contributed by atoms with Crippen LogP contribution in [0, 0.1) is 48.3 Å². The average molecular weight is 1640 g/mol. The molecule has 3 aliphatic heterocycles. The van der Waals surface area contributed by atoms with E-state index in [9.17, 15) is 29.6 Å². The first-order valence-electron chi connectivity index (χ1n) is 35.2. The standard InChI is InChI=1S/C29H41BN2O5S2.C26H35BN2O5S2.C14H15BN2O5S2.C3H7I/c1-16(2)34-20-11-10-18(17(3)24(20)25(33)35-27(4,5)6)12-23(39-26-32-31-15-38-26)30-36-22-14-19-13-21(28(19,7)8)29(22,9)37-30;1-14-15(8-9-17(30)21(14)22(31)32-24(2,3)4)10-20(36-23-29-28-13-35-23)27-33-19-12-16-11-18(25(16,5)6)26(19,7)34-27;1-7(2)21-9-4-3-8-5-10(24-14-17-16-6-23-14)15(20)22-12(8)11(9)13(18)19;1-3(2)4/h10-11,15-16,19,21-23H,12-14H2,1-9H3;8-9,13,16,18-20,30H,10-12H2,1-7H3;3-4,6-7,10,20H,5H2,1-2H3,(H,18,19);3H,1-2H3/t19?,21?,22?,23-,29-;16?,18?,19?,20-,26-;10-;/m000./s1. The van der Waals surface area contributed by atoms with E-state index < -0.39 is 37.4 Å². The number of ether oxygens (including phenoxy) is 4. The van der Waals surface area contributed by atoms with E-state index >= 15 is 0 Å². The van der Waals surface area contributed by atoms with Gasteiger partial charge in [-0.05, 0) is 222 Å². The van der Waals surface area contributed by atoms with Crippen LogP contribution in [0.1, 0.15) is 209 Å². The SMILES string of the molecule is CC(C)I.CC(C)Oc1ccc2c(c1C(=O)O)OB(O)[C@@H](Sc1nncs1)C2.Cc1c(C[C@H](Sc2nncs2)B2OC3CC4CC(C4(C)C)[C@]3(C)O2)ccc(O)c1C(=O)OC(C)(C)C.Cc1c(C[C@H](Sc2nncs2)B2OC3CC4CC(C4(C)C)[C@]3(C)O2)ccc(OC(C)C)c1C(=O)OC(C)(C)C. The summed E-state index contributed by atoms with van der Waals surface area (Å²) < 4.78 is 58.8. The Morgan fingerprint density at radius 1 is 0.631 bits per heavy atom. The average Bonchev–Trinajstić information content (AvgIpc) is 1.68. The van der Waals surface area contributed by atoms with Crippen molar-refractivity contribution in [3.05, 3.63) is 97.4 Å². The number of fused-ring (bicyclic) bond motifs is 1. The minimum absolute atomic E-state index is 0.0559. The van der Waals surface area contributed by atoms with E-state index in [2.05, 4.69) is 115 Å². The Bertz CT molecular complexity index is 3940. The first kappa shape index (κ1) is 81.2. The Labute approximate surface area is 646 Å². The fraction of sp³-hybridized carbons (Fsp3) is 0.625. The molecule has 0 radical (unpaired) electrons. The number of nitrogens with zero attached hydrogens (tertiary/aromatic N) is 6. The van der Waals surface area contributed by atoms with Gasteiger partial charge in [-0.25, -0.2) is 14.4 Å². The zero-order valence-electron chi connectivity index (χ0n) is 62.6. The largest absolute Gasteiger partial charge is 0.537 e. The zero-order valence-corrected chi connectivity index (χ0v) is 69.6. The minimum atomic E-state index is -1.15. The predicted molar refractivity (Wildman–Crippen MR) is 417 cm³/mol. The zero-order chi connectivity index (χ0) is 75.2. The fourth-order valence-electron chi connectivity index (χ4n) is 15.5. The van der Waals surface area contributed by atoms with Crippen LogP contribution in [0.3, 0.4) is 0 Å². The second kappa shape index (κ2) is 32.5. The molecule has 103 heavy (non-hydrogen) atoms. The van der Waals surface area contributed by atoms with Gasteiger partial charge in [0.1, 0.15) is 67.4 Å². The van der Waals surface area contributed by atoms with Crippen LogP contribution < -0.4 is 14.1 Å². The molecule has 21 nitrogen and oxygen atoms in total. The molecule has 15 rings (SSSR count). The Hall–Kier alpha value is -4.28. The van der Waals surface area contributed by atoms with Gasteiger partial charge in [0.15, 0.2) is 13.0 Å². The third-order valence-corrected chi connectivity index (χ3v) is 26.7. The van der Waals surface area contributed by atoms with Crippen molar-refractivity contribution < 1.29 is 71.8 Å². The van der Waals surface area contributed by atoms with Crippen LogP contribution in [0.5, 0.6) is 23.0 Å². The van der Waals surface area contributed by atoms with Crippen LogP contribution >= 0.6 is 91.9 Å². The highest BCUT2D eigenvalue weighted by Crippen LogP contribution is 2.67. The van der Waals surface area contributed by atoms with Crippen LogP contribution in [0.15, 0.2) is 65.9 Å². The number of esters is 2. The highest BCUT2D eigenvalue weighted by atomic mass is 127. The number of aromatic nitrogens is 6. The van der Waals surface area contributed by atoms with Crippen molar-refractivity contribution in [2.24, 2.45) is 34.5 Å². The minimum Gasteiger partial charge on any atom is -0.534 e. The summed E-state index contributed by atoms with van der Waals surface area (Å²) in [5, 5.41) is 54.2. The third-order valence-electron chi connectivity index (χ3n) is 20.6. The molecular weight excluding hydrogens is 1540 g/mol. The summed E-state index contributed by atoms with van der Waals surface area (Å²) >= 11 is 11.3. The maximum absolute atomic E-state index is 13.4. The molecule has 3 aromatic carbocycles. The number of hydrogen-bond acceptors (Lipinski definition) is 26. The van der Waals surface area contributed by atoms with Crippen LogP contribution in [0.25, 0.3) is 0 Å². The van der Waals surface area contributed by atoms with Crippen molar-refractivity contribution in [2.45, 2.75) is 263 Å². The topological polar surface area (TPSA) is 272 Å². The molecule has 31 heteroatoms. The number of aromatic hydroxyl groups is 1. The molecule has 3 N–H and O–H groups in total. The number of carboxylic acid groups (broad SMARTS) is 1. The number of halogens is 1. The summed E-state index contributed by atoms with van der Waals surface area (Å²) in [6.45, 7) is 40.7. The number of alkyl halides is 1. The van der Waals surface area contributed by atoms with Crippen molar-refractivity contribution in [3.8, 4) is 23.0 Å². The van der Waals surface area contributed by atoms with E-state index in [0.717, 1.165) is 52.0 Å². The van der Waals surface area contributed by atoms with Gasteiger partial charge in [-0.1, -0.05) is 152 Å². The normalized spacial score (nSPS) is 25.2. The van der Waals surface area contributed by atoms with Crippen LogP contribution in [0.2, 0.25) is 0 Å². The van der Waals surface area contributed by atoms with E-state index in [1.165, 1.54) is 58.6 Å². The maximum atomic E-state index is 13.4. The van der Waals surface area contributed by atoms with E-state index in [1.54, 1.807) is 58.3 Å². The summed E-state index contributed by atoms with van der Waals surface area (Å²) in [5.74, 6) is 1.14. The second-order valence-electron chi connectivity index (χ2n) is 31.9. The number of aromatic carboxylic acids is 1. The smallest absolute Gasteiger partial charge is 0.534 e. The molecule has 558 valence electrons. The van der Waals surface area contributed by atoms with Crippen molar-refractivity contribution in [3.63, 3.8) is 0 Å². The van der Waals surface area contributed by atoms with Crippen LogP contribution in [-0.4, -0.2) is 151 Å². The first-order valence-corrected chi connectivity index (χ1v) is 41.8. The molecule has 2 saturated heterocycles. The van der Waals surface area contributed by atoms with Crippen molar-refractivity contribution >= 4 is 131 Å². The van der Waals surface area contributed by atoms with Gasteiger partial charge >= 0.3 is 39.3 Å². The Morgan fingerprint density at radius 3 is 1.47 bits per heavy atom. The number of benzene rings is 3. The number of carbonyl (C=O) groups excluding carboxylic acids is 2. The third kappa shape index (κ3) is 18.5. The summed E-state index contributed by atoms with van der Waals surface area (Å²) in [5.41, 5.74) is 8.63. The van der Waals surface area contributed by atoms with Gasteiger partial charge in [0.2, 0.25) is 0 Å². The van der Waals surface area contributed by atoms with E-state index in [4.69, 9.17) is 42.2 Å². The molecule has 11 atom stereocenters. The maximum Gasteiger partial charge on any atom is 0.537 e. The van der Waals surface area contributed by atoms with E-state index in [-0.39, 0.29) is 103 Å². The lowest BCUT2D eigenvalue weighted by molar-refractivity contribution is -0.199. The van der Waals surface area contributed by atoms with Crippen LogP contribution in [-0.2, 0) is 47.4 Å². The monoisotopic (exact) mass is 1640 g/mol. The van der Waals surface area contributed by atoms with Gasteiger partial charge in [-0.3, -0.25) is 0 Å². The number of phenols is 1. The number of carbonyl (C=O) groups is 3. The molecule has 9 aliphatic rings. The number of thioether (sulfide) groups is 3. The molecule has 6 saturated carbocycles. The fourth-order valence-corrected chi connectivity index (χ4v) is 21.0. The molecule has 6 unspecified atom stereocenters. The predicted octanol–water partition coefficient (Wildman–Crippen LogP) is 16.0. The van der Waals surface area contributed by atoms with Crippen molar-refractivity contribution in [1.82, 2.24) is 30.6 Å². The Morgan fingerprint density at radius 2 is 1.05 bits per heavy atom. The molecule has 0 amide bonds. The van der Waals surface area contributed by atoms with Gasteiger partial charge < -0.3 is 57.5 Å². The molecule has 6 aliphatic carbocycles. The first-order chi connectivity index (χ1) is 48.2. The van der Waals surface area contributed by atoms with E-state index in [1.807, 2.05) is 95.2 Å². The molecule has 6 aromatic rings. The Kier molecular flexibility index (Phi) is 25.6. The summed E-state index contributed by atoms with van der Waals surface area (Å²) in [6.07, 6.45) is 6.07. The number of carboxylic acids is 1. The van der Waals surface area contributed by atoms with Crippen molar-refractivity contribution in [2.75, 3.05) is 0 Å². The van der Waals surface area contributed by atoms with Gasteiger partial charge in [-0.15, -0.1) is 30.6 Å².